The lowest BCUT2D eigenvalue weighted by atomic mass is 9.77. The standard InChI is InChI=1S/C66H53N9O7S2.HI/c1-79-53-34-32-44(33-35-53)41-80-62(78)57-46(40-74-38-36-45(37-39-74)59-71-72-63(67)81-59)42-83-61-56(60(77)75(57)61)69-58(76)55(73-82-66(50-26-14-5-15-27-50,51-28-16-6-17-29-51)52-30-18-7-19-31-52)54-43-84-64(68-54)70-65(47-20-8-2-9-21-47,48-22-10-3-11-23-48)49-24-12-4-13-25-49;/h2-39,43,56,61,67H,40-42H2,1H3,(H2,68,69,70,76);1H/t56-,61+;/m1./s1. The third kappa shape index (κ3) is 11.7. The number of amides is 2. The lowest BCUT2D eigenvalue weighted by molar-refractivity contribution is -0.689. The number of aromatic nitrogens is 4. The number of pyridine rings is 1. The molecule has 19 heteroatoms. The van der Waals surface area contributed by atoms with Gasteiger partial charge in [-0.25, -0.2) is 14.3 Å². The number of oxime groups is 1. The Morgan fingerprint density at radius 3 is 1.73 bits per heavy atom. The van der Waals surface area contributed by atoms with Gasteiger partial charge in [-0.15, -0.1) is 28.2 Å². The van der Waals surface area contributed by atoms with Gasteiger partial charge in [-0.2, -0.15) is 0 Å². The number of β-lactam (4-membered cyclic amide) rings is 1. The molecule has 1 saturated heterocycles. The molecule has 2 amide bonds. The van der Waals surface area contributed by atoms with E-state index in [9.17, 15) is 9.59 Å². The maximum Gasteiger partial charge on any atom is 0.355 e. The number of hydrogen-bond acceptors (Lipinski definition) is 15. The highest BCUT2D eigenvalue weighted by Crippen LogP contribution is 2.44. The molecule has 0 aliphatic carbocycles. The third-order valence-electron chi connectivity index (χ3n) is 14.7. The van der Waals surface area contributed by atoms with Gasteiger partial charge in [-0.1, -0.05) is 204 Å². The maximum atomic E-state index is 15.5. The molecule has 4 N–H and O–H groups in total. The molecule has 10 aromatic rings. The summed E-state index contributed by atoms with van der Waals surface area (Å²) in [5, 5.41) is 21.0. The third-order valence-corrected chi connectivity index (χ3v) is 16.8. The van der Waals surface area contributed by atoms with Crippen molar-refractivity contribution in [2.45, 2.75) is 35.7 Å². The smallest absolute Gasteiger partial charge is 0.355 e. The van der Waals surface area contributed by atoms with Gasteiger partial charge in [0.05, 0.1) is 12.7 Å². The highest BCUT2D eigenvalue weighted by molar-refractivity contribution is 8.00. The topological polar surface area (TPSA) is 200 Å². The zero-order valence-electron chi connectivity index (χ0n) is 45.6. The number of rotatable bonds is 20. The van der Waals surface area contributed by atoms with Crippen LogP contribution in [0, 0.1) is 0 Å². The average molecular weight is 1280 g/mol. The Labute approximate surface area is 515 Å². The summed E-state index contributed by atoms with van der Waals surface area (Å²) in [7, 11) is 1.57. The van der Waals surface area contributed by atoms with Gasteiger partial charge in [-0.05, 0) is 34.4 Å². The van der Waals surface area contributed by atoms with E-state index in [-0.39, 0.29) is 66.1 Å². The number of hydrogen-bond donors (Lipinski definition) is 3. The second-order valence-corrected chi connectivity index (χ2v) is 21.7. The zero-order chi connectivity index (χ0) is 57.5. The number of anilines is 2. The lowest BCUT2D eigenvalue weighted by Crippen LogP contribution is -3.00. The van der Waals surface area contributed by atoms with Crippen LogP contribution in [0.2, 0.25) is 0 Å². The second-order valence-electron chi connectivity index (χ2n) is 19.8. The number of fused-ring (bicyclic) bond motifs is 1. The highest BCUT2D eigenvalue weighted by atomic mass is 127. The van der Waals surface area contributed by atoms with E-state index in [1.54, 1.807) is 61.3 Å². The van der Waals surface area contributed by atoms with Crippen molar-refractivity contribution >= 4 is 57.7 Å². The van der Waals surface area contributed by atoms with Gasteiger partial charge in [0.2, 0.25) is 11.5 Å². The molecule has 2 aliphatic heterocycles. The van der Waals surface area contributed by atoms with E-state index in [0.717, 1.165) is 38.9 Å². The Bertz CT molecular complexity index is 3800. The minimum absolute atomic E-state index is 0. The van der Waals surface area contributed by atoms with Crippen LogP contribution in [0.5, 0.6) is 5.75 Å². The Hall–Kier alpha value is -9.44. The molecule has 0 bridgehead atoms. The van der Waals surface area contributed by atoms with Crippen LogP contribution in [0.15, 0.2) is 257 Å². The van der Waals surface area contributed by atoms with Crippen LogP contribution in [0.1, 0.15) is 44.6 Å². The predicted octanol–water partition coefficient (Wildman–Crippen LogP) is 7.29. The van der Waals surface area contributed by atoms with Crippen LogP contribution in [-0.4, -0.2) is 67.9 Å². The Morgan fingerprint density at radius 2 is 1.24 bits per heavy atom. The van der Waals surface area contributed by atoms with E-state index in [1.807, 2.05) is 150 Å². The number of carbonyl (C=O) groups is 3. The van der Waals surface area contributed by atoms with Crippen LogP contribution in [0.25, 0.3) is 11.5 Å². The van der Waals surface area contributed by atoms with Crippen LogP contribution in [-0.2, 0) is 48.2 Å². The fourth-order valence-electron chi connectivity index (χ4n) is 10.6. The molecule has 424 valence electrons. The molecule has 0 unspecified atom stereocenters. The zero-order valence-corrected chi connectivity index (χ0v) is 49.4. The first kappa shape index (κ1) is 57.4. The molecule has 2 aliphatic rings. The molecule has 0 saturated carbocycles. The molecule has 5 heterocycles. The molecular weight excluding hydrogens is 1220 g/mol. The first-order chi connectivity index (χ1) is 41.2. The number of benzene rings is 7. The summed E-state index contributed by atoms with van der Waals surface area (Å²) in [5.74, 6) is -0.729. The van der Waals surface area contributed by atoms with Crippen molar-refractivity contribution in [2.24, 2.45) is 5.16 Å². The molecule has 85 heavy (non-hydrogen) atoms. The number of thioether (sulfide) groups is 1. The van der Waals surface area contributed by atoms with E-state index in [0.29, 0.717) is 27.8 Å². The van der Waals surface area contributed by atoms with Crippen LogP contribution in [0.3, 0.4) is 0 Å². The van der Waals surface area contributed by atoms with Gasteiger partial charge in [0, 0.05) is 45.5 Å². The number of carbonyl (C=O) groups excluding carboxylic acids is 3. The fourth-order valence-corrected chi connectivity index (χ4v) is 12.7. The summed E-state index contributed by atoms with van der Waals surface area (Å²) in [5.41, 5.74) is 10.5. The van der Waals surface area contributed by atoms with E-state index < -0.39 is 40.3 Å². The lowest BCUT2D eigenvalue weighted by Gasteiger charge is -2.49. The first-order valence-corrected chi connectivity index (χ1v) is 28.8. The molecule has 1 fully saturated rings. The molecule has 0 spiro atoms. The minimum Gasteiger partial charge on any atom is -1.00 e. The number of esters is 1. The Balaban J connectivity index is 0.00000752. The number of methoxy groups -OCH3 is 1. The van der Waals surface area contributed by atoms with E-state index in [4.69, 9.17) is 34.6 Å². The number of halogens is 1. The average Bonchev–Trinajstić information content (AvgIpc) is 4.23. The molecule has 16 nitrogen and oxygen atoms in total. The van der Waals surface area contributed by atoms with Crippen molar-refractivity contribution in [2.75, 3.05) is 23.9 Å². The largest absolute Gasteiger partial charge is 1.00 e. The van der Waals surface area contributed by atoms with Crippen molar-refractivity contribution in [3.05, 3.63) is 292 Å². The number of nitrogens with zero attached hydrogens (tertiary/aromatic N) is 6. The SMILES string of the molecule is COc1ccc(COC(=O)C2=C(C[n+]3ccc(-c4nnc(N)o4)cc3)CS[C@H]3[C@H](NC(=O)C(=NOC(c4ccccc4)(c4ccccc4)c4ccccc4)c4csc(NC(c5ccccc5)(c5ccccc5)c5ccccc5)n4)C(=O)N23)cc1.[I-]. The molecule has 3 aromatic heterocycles. The van der Waals surface area contributed by atoms with E-state index in [1.165, 1.54) is 28.0 Å². The summed E-state index contributed by atoms with van der Waals surface area (Å²) in [6.07, 6.45) is 3.60. The van der Waals surface area contributed by atoms with Gasteiger partial charge in [-0.3, -0.25) is 14.5 Å². The summed E-state index contributed by atoms with van der Waals surface area (Å²) in [6.45, 7) is 0.152. The second kappa shape index (κ2) is 25.6. The molecule has 2 atom stereocenters. The first-order valence-electron chi connectivity index (χ1n) is 26.9. The number of nitrogens with two attached hydrogens (primary N) is 1. The Morgan fingerprint density at radius 1 is 0.718 bits per heavy atom. The molecule has 12 rings (SSSR count). The number of nitrogen functional groups attached to an aromatic ring is 1. The summed E-state index contributed by atoms with van der Waals surface area (Å²) in [6, 6.07) is 69.1. The highest BCUT2D eigenvalue weighted by Gasteiger charge is 2.55. The number of ether oxygens (including phenoxy) is 2. The maximum absolute atomic E-state index is 15.5. The molecule has 0 radical (unpaired) electrons. The van der Waals surface area contributed by atoms with Crippen molar-refractivity contribution in [3.8, 4) is 17.2 Å². The van der Waals surface area contributed by atoms with Crippen LogP contribution < -0.4 is 49.6 Å². The quantitative estimate of drug-likeness (QED) is 0.0131. The summed E-state index contributed by atoms with van der Waals surface area (Å²) < 4.78 is 18.6. The number of thiazole rings is 1. The van der Waals surface area contributed by atoms with Gasteiger partial charge in [0.1, 0.15) is 40.7 Å². The molecule has 7 aromatic carbocycles. The van der Waals surface area contributed by atoms with E-state index in [2.05, 4.69) is 57.2 Å². The summed E-state index contributed by atoms with van der Waals surface area (Å²) in [4.78, 5) is 58.5. The predicted molar refractivity (Wildman–Crippen MR) is 321 cm³/mol. The minimum atomic E-state index is -1.39. The van der Waals surface area contributed by atoms with Crippen LogP contribution >= 0.6 is 23.1 Å². The number of nitrogens with one attached hydrogen (secondary N) is 2. The van der Waals surface area contributed by atoms with Gasteiger partial charge in [0.15, 0.2) is 29.8 Å². The van der Waals surface area contributed by atoms with Crippen molar-refractivity contribution in [1.82, 2.24) is 25.4 Å². The Kier molecular flexibility index (Phi) is 17.3. The van der Waals surface area contributed by atoms with Gasteiger partial charge < -0.3 is 59.1 Å². The van der Waals surface area contributed by atoms with Crippen molar-refractivity contribution < 1.29 is 61.7 Å². The van der Waals surface area contributed by atoms with E-state index >= 15 is 4.79 Å². The van der Waals surface area contributed by atoms with Crippen molar-refractivity contribution in [3.63, 3.8) is 0 Å². The monoisotopic (exact) mass is 1280 g/mol. The van der Waals surface area contributed by atoms with Gasteiger partial charge in [0.25, 0.3) is 11.8 Å². The molecular formula is C66H54IN9O7S2. The summed E-state index contributed by atoms with van der Waals surface area (Å²) >= 11 is 2.71. The van der Waals surface area contributed by atoms with Crippen molar-refractivity contribution in [1.29, 1.82) is 0 Å². The van der Waals surface area contributed by atoms with Crippen LogP contribution in [0.4, 0.5) is 11.1 Å². The van der Waals surface area contributed by atoms with Gasteiger partial charge >= 0.3 is 12.0 Å². The normalized spacial score (nSPS) is 15.0. The fraction of sp³-hybridized carbons (Fsp3) is 0.121.